The highest BCUT2D eigenvalue weighted by atomic mass is 36.0. The van der Waals surface area contributed by atoms with Crippen LogP contribution in [-0.4, -0.2) is 190 Å². The Morgan fingerprint density at radius 3 is 0.895 bits per heavy atom. The molecule has 39 heteroatoms. The molecule has 6 rings (SSSR count). The zero-order valence-corrected chi connectivity index (χ0v) is 69.2. The molecule has 0 amide bonds. The number of carbonyl (C=O) groups excluding carboxylic acids is 10. The summed E-state index contributed by atoms with van der Waals surface area (Å²) < 4.78 is 56.3. The van der Waals surface area contributed by atoms with Crippen LogP contribution >= 0.6 is 42.7 Å². The SMILES string of the molecule is CCCO.CCCOC(=O)CCC(=O)O.CCCOC(=O)CCC(=O)Oc1ccc(C(=O)O)cc1.CCCOC(=O)CCC(=O)Oc1ccc(C(=O)O)cc1.CCCOC(=O)CCC(=O)Oc1ccc(C=O)cc1.CCN(CC)CC.Cc1cc(O)ccc1O.O.O=C1CCC(=O)O1.O=S(Cl)Cl.O=S(Cl)Cl.Oc1ccc(O)cc1. The highest BCUT2D eigenvalue weighted by molar-refractivity contribution is 8.27. The molecule has 0 spiro atoms. The van der Waals surface area contributed by atoms with E-state index < -0.39 is 90.1 Å². The van der Waals surface area contributed by atoms with Gasteiger partial charge in [-0.05, 0) is 179 Å². The summed E-state index contributed by atoms with van der Waals surface area (Å²) in [6.45, 7) is 23.0. The number of nitrogens with zero attached hydrogens (tertiary/aromatic N) is 1. The number of hydrogen-bond donors (Lipinski definition) is 8. The maximum absolute atomic E-state index is 11.5. The van der Waals surface area contributed by atoms with Crippen LogP contribution in [0, 0.1) is 6.92 Å². The third-order valence-electron chi connectivity index (χ3n) is 12.3. The van der Waals surface area contributed by atoms with Gasteiger partial charge in [-0.2, -0.15) is 0 Å². The number of carboxylic acids is 3. The lowest BCUT2D eigenvalue weighted by molar-refractivity contribution is -0.152. The number of aliphatic hydroxyl groups is 1. The van der Waals surface area contributed by atoms with Crippen molar-refractivity contribution < 1.29 is 155 Å². The minimum absolute atomic E-state index is 0. The standard InChI is InChI=1S/2C14H16O6.C14H16O5.C7H12O4.C7H8O2.C6H15N.C6H6O2.C4H4O3.C3H8O.2Cl2OS.H2O/c2*1-2-9-19-12(15)7-8-13(16)20-11-5-3-10(4-6-11)14(17)18;1-2-9-18-13(16)7-8-14(17)19-12-5-3-11(10-15)4-6-12;1-2-5-11-7(10)4-3-6(8)9;1-5-4-6(8)2-3-7(5)9;1-4-7(5-2)6-3;7-5-1-2-6(8)4-3-5;5-3-1-2-4(6)7-3;1-2-3-4;2*1-4(2)3;/h2*3-6H,2,7-9H2,1H3,(H,17,18);3-6,10H,2,7-9H2,1H3;2-5H2,1H3,(H,8,9);2-4,8-9H,1H3;4-6H2,1-3H3;1-4,7-8H;1-2H2;4H,2-3H2,1H3;;;1H2. The molecular weight excluding hydrogens is 1630 g/mol. The summed E-state index contributed by atoms with van der Waals surface area (Å²) >= 11 is 0. The van der Waals surface area contributed by atoms with Crippen molar-refractivity contribution in [1.82, 2.24) is 4.90 Å². The Hall–Kier alpha value is -9.85. The number of phenols is 4. The number of aldehydes is 1. The quantitative estimate of drug-likeness (QED) is 0.00402. The summed E-state index contributed by atoms with van der Waals surface area (Å²) in [6, 6.07) is 27.1. The molecule has 0 atom stereocenters. The number of aliphatic carboxylic acids is 1. The average Bonchev–Trinajstić information content (AvgIpc) is 1.17. The van der Waals surface area contributed by atoms with E-state index in [1.165, 1.54) is 123 Å². The van der Waals surface area contributed by atoms with Crippen LogP contribution in [-0.2, 0) is 90.1 Å². The van der Waals surface area contributed by atoms with Crippen molar-refractivity contribution in [2.45, 2.75) is 159 Å². The maximum atomic E-state index is 11.5. The van der Waals surface area contributed by atoms with Crippen LogP contribution in [0.1, 0.15) is 188 Å². The number of carbonyl (C=O) groups is 13. The van der Waals surface area contributed by atoms with E-state index >= 15 is 0 Å². The average molecular weight is 1740 g/mol. The normalized spacial score (nSPS) is 10.1. The summed E-state index contributed by atoms with van der Waals surface area (Å²) in [5.74, 6) is -5.68. The van der Waals surface area contributed by atoms with E-state index in [0.29, 0.717) is 56.2 Å². The Balaban J connectivity index is -0.000000294. The minimum Gasteiger partial charge on any atom is -0.508 e. The lowest BCUT2D eigenvalue weighted by atomic mass is 10.2. The van der Waals surface area contributed by atoms with E-state index in [2.05, 4.69) is 77.9 Å². The molecule has 0 radical (unpaired) electrons. The zero-order chi connectivity index (χ0) is 87.1. The molecule has 0 bridgehead atoms. The number of aryl methyl sites for hydroxylation is 1. The van der Waals surface area contributed by atoms with Gasteiger partial charge < -0.3 is 89.1 Å². The van der Waals surface area contributed by atoms with Crippen LogP contribution in [0.3, 0.4) is 0 Å². The first kappa shape index (κ1) is 115. The number of hydrogen-bond acceptors (Lipinski definition) is 29. The van der Waals surface area contributed by atoms with Crippen molar-refractivity contribution in [3.8, 4) is 40.2 Å². The second-order valence-corrected chi connectivity index (χ2v) is 26.6. The highest BCUT2D eigenvalue weighted by Gasteiger charge is 2.19. The number of cyclic esters (lactones) is 2. The van der Waals surface area contributed by atoms with Crippen LogP contribution in [0.5, 0.6) is 40.2 Å². The first-order valence-electron chi connectivity index (χ1n) is 34.6. The van der Waals surface area contributed by atoms with Gasteiger partial charge in [-0.15, -0.1) is 0 Å². The number of ether oxygens (including phenoxy) is 8. The number of aromatic hydroxyl groups is 4. The minimum atomic E-state index is -1.67. The van der Waals surface area contributed by atoms with Gasteiger partial charge in [-0.25, -0.2) is 18.0 Å². The highest BCUT2D eigenvalue weighted by Crippen LogP contribution is 2.21. The predicted molar refractivity (Wildman–Crippen MR) is 424 cm³/mol. The molecule has 0 aliphatic carbocycles. The Kier molecular flexibility index (Phi) is 76.5. The molecule has 5 aromatic carbocycles. The zero-order valence-electron chi connectivity index (χ0n) is 64.6. The van der Waals surface area contributed by atoms with Gasteiger partial charge in [0.1, 0.15) is 46.5 Å². The second kappa shape index (κ2) is 75.8. The van der Waals surface area contributed by atoms with E-state index in [4.69, 9.17) is 77.7 Å². The summed E-state index contributed by atoms with van der Waals surface area (Å²) in [6.07, 6.45) is 4.63. The lowest BCUT2D eigenvalue weighted by Crippen LogP contribution is -2.21. The molecule has 10 N–H and O–H groups in total. The molecule has 1 saturated heterocycles. The van der Waals surface area contributed by atoms with Gasteiger partial charge in [-0.1, -0.05) is 55.4 Å². The van der Waals surface area contributed by atoms with Gasteiger partial charge in [0, 0.05) is 54.9 Å². The monoisotopic (exact) mass is 1730 g/mol. The Labute approximate surface area is 684 Å². The molecule has 0 aromatic heterocycles. The van der Waals surface area contributed by atoms with Crippen molar-refractivity contribution in [3.63, 3.8) is 0 Å². The fraction of sp³-hybridized carbons (Fsp3) is 0.427. The largest absolute Gasteiger partial charge is 0.508 e. The van der Waals surface area contributed by atoms with Gasteiger partial charge in [0.25, 0.3) is 0 Å². The molecular formula is C75H103Cl4NO32S2. The summed E-state index contributed by atoms with van der Waals surface area (Å²) in [7, 11) is 14.7. The fourth-order valence-electron chi connectivity index (χ4n) is 6.66. The third kappa shape index (κ3) is 76.2. The van der Waals surface area contributed by atoms with Gasteiger partial charge in [0.15, 0.2) is 0 Å². The van der Waals surface area contributed by atoms with Crippen LogP contribution in [0.25, 0.3) is 0 Å². The number of halogens is 4. The molecule has 1 aliphatic heterocycles. The van der Waals surface area contributed by atoms with E-state index in [9.17, 15) is 62.3 Å². The molecule has 33 nitrogen and oxygen atoms in total. The van der Waals surface area contributed by atoms with E-state index in [-0.39, 0.29) is 115 Å². The molecule has 0 saturated carbocycles. The lowest BCUT2D eigenvalue weighted by Gasteiger charge is -2.13. The number of aliphatic hydroxyl groups excluding tert-OH is 1. The van der Waals surface area contributed by atoms with Crippen LogP contribution < -0.4 is 14.2 Å². The molecule has 1 fully saturated rings. The molecule has 0 unspecified atom stereocenters. The smallest absolute Gasteiger partial charge is 0.335 e. The maximum Gasteiger partial charge on any atom is 0.335 e. The van der Waals surface area contributed by atoms with Gasteiger partial charge >= 0.3 is 71.6 Å². The number of rotatable bonds is 30. The van der Waals surface area contributed by atoms with Gasteiger partial charge in [-0.3, -0.25) is 52.7 Å². The summed E-state index contributed by atoms with van der Waals surface area (Å²) in [5, 5.41) is 68.5. The summed E-state index contributed by atoms with van der Waals surface area (Å²) in [5.41, 5.74) is 1.40. The van der Waals surface area contributed by atoms with Crippen LogP contribution in [0.15, 0.2) is 115 Å². The van der Waals surface area contributed by atoms with Crippen molar-refractivity contribution >= 4 is 139 Å². The number of benzene rings is 5. The number of esters is 9. The third-order valence-corrected chi connectivity index (χ3v) is 12.3. The van der Waals surface area contributed by atoms with Crippen molar-refractivity contribution in [3.05, 3.63) is 138 Å². The molecule has 640 valence electrons. The molecule has 1 heterocycles. The molecule has 5 aromatic rings. The van der Waals surface area contributed by atoms with E-state index in [0.717, 1.165) is 32.1 Å². The Morgan fingerprint density at radius 2 is 0.693 bits per heavy atom. The Bertz CT molecular complexity index is 3430. The van der Waals surface area contributed by atoms with E-state index in [1.807, 2.05) is 34.6 Å². The fourth-order valence-corrected chi connectivity index (χ4v) is 6.66. The van der Waals surface area contributed by atoms with Crippen molar-refractivity contribution in [2.24, 2.45) is 0 Å². The second-order valence-electron chi connectivity index (χ2n) is 21.6. The van der Waals surface area contributed by atoms with Gasteiger partial charge in [0.05, 0.1) is 102 Å². The predicted octanol–water partition coefficient (Wildman–Crippen LogP) is 12.3. The topological polar surface area (TPSA) is 526 Å². The van der Waals surface area contributed by atoms with Crippen LogP contribution in [0.4, 0.5) is 0 Å². The van der Waals surface area contributed by atoms with E-state index in [1.54, 1.807) is 19.1 Å². The number of phenolic OH excluding ortho intramolecular Hbond substituents is 4. The first-order valence-corrected chi connectivity index (χ1v) is 40.2. The summed E-state index contributed by atoms with van der Waals surface area (Å²) in [4.78, 5) is 143. The molecule has 114 heavy (non-hydrogen) atoms. The number of aromatic carboxylic acids is 2. The molecule has 1 aliphatic rings. The Morgan fingerprint density at radius 1 is 0.430 bits per heavy atom. The number of carboxylic acid groups (broad SMARTS) is 3. The van der Waals surface area contributed by atoms with Crippen LogP contribution in [0.2, 0.25) is 0 Å². The first-order chi connectivity index (χ1) is 53.4. The van der Waals surface area contributed by atoms with Gasteiger partial charge in [0.2, 0.25) is 18.5 Å². The van der Waals surface area contributed by atoms with Crippen molar-refractivity contribution in [2.75, 3.05) is 52.7 Å². The van der Waals surface area contributed by atoms with Crippen molar-refractivity contribution in [1.29, 1.82) is 0 Å².